The molecule has 0 unspecified atom stereocenters. The number of amides is 3. The molecule has 6 rings (SSSR count). The van der Waals surface area contributed by atoms with E-state index in [0.29, 0.717) is 19.7 Å². The van der Waals surface area contributed by atoms with Crippen molar-refractivity contribution in [2.24, 2.45) is 5.92 Å². The zero-order chi connectivity index (χ0) is 32.6. The topological polar surface area (TPSA) is 120 Å². The van der Waals surface area contributed by atoms with Crippen LogP contribution in [0.3, 0.4) is 0 Å². The Hall–Kier alpha value is -4.03. The Balaban J connectivity index is 1.28. The van der Waals surface area contributed by atoms with Gasteiger partial charge in [-0.3, -0.25) is 14.5 Å². The Morgan fingerprint density at radius 3 is 2.35 bits per heavy atom. The number of aliphatic hydroxyl groups is 1. The summed E-state index contributed by atoms with van der Waals surface area (Å²) < 4.78 is 11.9. The summed E-state index contributed by atoms with van der Waals surface area (Å²) in [6.45, 7) is 7.09. The first-order valence-electron chi connectivity index (χ1n) is 15.8. The zero-order valence-electron chi connectivity index (χ0n) is 26.5. The van der Waals surface area contributed by atoms with Crippen LogP contribution in [0.1, 0.15) is 30.0 Å². The summed E-state index contributed by atoms with van der Waals surface area (Å²) in [5, 5.41) is 9.76. The Kier molecular flexibility index (Phi) is 8.77. The first kappa shape index (κ1) is 31.9. The normalized spacial score (nSPS) is 24.1. The number of nitrogens with zero attached hydrogens (tertiary/aromatic N) is 3. The van der Waals surface area contributed by atoms with Crippen LogP contribution in [0.4, 0.5) is 16.2 Å². The van der Waals surface area contributed by atoms with Crippen molar-refractivity contribution in [1.82, 2.24) is 4.90 Å². The third kappa shape index (κ3) is 5.72. The van der Waals surface area contributed by atoms with Gasteiger partial charge in [-0.05, 0) is 42.4 Å². The SMILES string of the molecule is C[C@H]1[C@H]([Si](C)(C)O)[C@@H](CC(=O)N(CCO)Cc2ccccc2)O[C@]12C(=O)N(Cc1ccc(N3CCOC3=O)cc1)c1ccccc12. The molecular formula is C35H41N3O7Si. The van der Waals surface area contributed by atoms with E-state index in [-0.39, 0.29) is 44.0 Å². The summed E-state index contributed by atoms with van der Waals surface area (Å²) in [5.74, 6) is -0.823. The number of carbonyl (C=O) groups is 3. The molecule has 2 fully saturated rings. The second-order valence-corrected chi connectivity index (χ2v) is 16.9. The van der Waals surface area contributed by atoms with E-state index in [1.165, 1.54) is 0 Å². The lowest BCUT2D eigenvalue weighted by Gasteiger charge is -2.32. The summed E-state index contributed by atoms with van der Waals surface area (Å²) in [5.41, 5.74) is 2.26. The second kappa shape index (κ2) is 12.6. The third-order valence-corrected chi connectivity index (χ3v) is 12.1. The summed E-state index contributed by atoms with van der Waals surface area (Å²) >= 11 is 0. The minimum Gasteiger partial charge on any atom is -0.447 e. The molecule has 0 aliphatic carbocycles. The highest BCUT2D eigenvalue weighted by molar-refractivity contribution is 6.71. The number of hydrogen-bond acceptors (Lipinski definition) is 7. The van der Waals surface area contributed by atoms with Crippen LogP contribution < -0.4 is 9.80 Å². The van der Waals surface area contributed by atoms with Gasteiger partial charge >= 0.3 is 6.09 Å². The molecule has 3 aromatic rings. The van der Waals surface area contributed by atoms with Crippen LogP contribution in [0.15, 0.2) is 78.9 Å². The van der Waals surface area contributed by atoms with E-state index in [1.54, 1.807) is 14.7 Å². The monoisotopic (exact) mass is 643 g/mol. The van der Waals surface area contributed by atoms with E-state index in [4.69, 9.17) is 9.47 Å². The van der Waals surface area contributed by atoms with Gasteiger partial charge in [-0.2, -0.15) is 0 Å². The maximum absolute atomic E-state index is 14.6. The molecule has 3 heterocycles. The Labute approximate surface area is 270 Å². The lowest BCUT2D eigenvalue weighted by Crippen LogP contribution is -2.46. The number of aliphatic hydroxyl groups excluding tert-OH is 1. The minimum absolute atomic E-state index is 0.0174. The maximum Gasteiger partial charge on any atom is 0.414 e. The molecule has 0 radical (unpaired) electrons. The van der Waals surface area contributed by atoms with Gasteiger partial charge < -0.3 is 29.2 Å². The number of carbonyl (C=O) groups excluding carboxylic acids is 3. The van der Waals surface area contributed by atoms with Crippen molar-refractivity contribution in [1.29, 1.82) is 0 Å². The van der Waals surface area contributed by atoms with Gasteiger partial charge in [-0.1, -0.05) is 67.6 Å². The van der Waals surface area contributed by atoms with Gasteiger partial charge in [-0.25, -0.2) is 4.79 Å². The lowest BCUT2D eigenvalue weighted by molar-refractivity contribution is -0.150. The van der Waals surface area contributed by atoms with E-state index < -0.39 is 31.5 Å². The van der Waals surface area contributed by atoms with E-state index in [0.717, 1.165) is 28.1 Å². The van der Waals surface area contributed by atoms with Crippen LogP contribution in [0.25, 0.3) is 0 Å². The number of hydrogen-bond donors (Lipinski definition) is 2. The number of cyclic esters (lactones) is 1. The van der Waals surface area contributed by atoms with Gasteiger partial charge in [0.2, 0.25) is 5.91 Å². The predicted octanol–water partition coefficient (Wildman–Crippen LogP) is 4.40. The van der Waals surface area contributed by atoms with Crippen molar-refractivity contribution in [2.45, 2.75) is 56.8 Å². The van der Waals surface area contributed by atoms with Gasteiger partial charge in [-0.15, -0.1) is 0 Å². The molecule has 46 heavy (non-hydrogen) atoms. The minimum atomic E-state index is -2.97. The quantitative estimate of drug-likeness (QED) is 0.315. The molecule has 0 aromatic heterocycles. The van der Waals surface area contributed by atoms with Gasteiger partial charge in [0.1, 0.15) is 6.61 Å². The maximum atomic E-state index is 14.6. The first-order chi connectivity index (χ1) is 22.0. The Morgan fingerprint density at radius 2 is 1.70 bits per heavy atom. The van der Waals surface area contributed by atoms with Crippen LogP contribution >= 0.6 is 0 Å². The van der Waals surface area contributed by atoms with Gasteiger partial charge in [0.25, 0.3) is 5.91 Å². The van der Waals surface area contributed by atoms with E-state index in [1.807, 2.05) is 98.9 Å². The van der Waals surface area contributed by atoms with Crippen LogP contribution in [0, 0.1) is 5.92 Å². The molecular weight excluding hydrogens is 602 g/mol. The second-order valence-electron chi connectivity index (χ2n) is 12.9. The number of benzene rings is 3. The summed E-state index contributed by atoms with van der Waals surface area (Å²) in [6.07, 6.45) is -1.08. The van der Waals surface area contributed by atoms with Gasteiger partial charge in [0, 0.05) is 35.8 Å². The molecule has 2 saturated heterocycles. The zero-order valence-corrected chi connectivity index (χ0v) is 27.5. The molecule has 4 atom stereocenters. The molecule has 242 valence electrons. The van der Waals surface area contributed by atoms with Crippen LogP contribution in [-0.4, -0.2) is 73.4 Å². The fraction of sp³-hybridized carbons (Fsp3) is 0.400. The van der Waals surface area contributed by atoms with Crippen LogP contribution in [-0.2, 0) is 37.8 Å². The fourth-order valence-corrected chi connectivity index (χ4v) is 10.1. The van der Waals surface area contributed by atoms with Crippen molar-refractivity contribution < 1.29 is 33.8 Å². The average molecular weight is 644 g/mol. The predicted molar refractivity (Wildman–Crippen MR) is 175 cm³/mol. The number of fused-ring (bicyclic) bond motifs is 2. The highest BCUT2D eigenvalue weighted by Crippen LogP contribution is 2.59. The smallest absolute Gasteiger partial charge is 0.414 e. The summed E-state index contributed by atoms with van der Waals surface area (Å²) in [7, 11) is -2.97. The van der Waals surface area contributed by atoms with Crippen molar-refractivity contribution in [2.75, 3.05) is 36.1 Å². The van der Waals surface area contributed by atoms with E-state index >= 15 is 0 Å². The van der Waals surface area contributed by atoms with Crippen LogP contribution in [0.2, 0.25) is 18.6 Å². The largest absolute Gasteiger partial charge is 0.447 e. The molecule has 3 aromatic carbocycles. The number of anilines is 2. The average Bonchev–Trinajstić information content (AvgIpc) is 3.67. The molecule has 10 nitrogen and oxygen atoms in total. The molecule has 0 bridgehead atoms. The number of para-hydroxylation sites is 1. The summed E-state index contributed by atoms with van der Waals surface area (Å²) in [6, 6.07) is 24.7. The standard InChI is InChI=1S/C35H41N3O7Si/c1-24-32(46(2,3)43)30(21-31(40)36(17-19-39)22-25-9-5-4-6-10-25)45-35(24)28-11-7-8-12-29(28)38(33(35)41)23-26-13-15-27(16-14-26)37-18-20-44-34(37)42/h4-16,24,30,32,39,43H,17-23H2,1-3H3/t24-,30+,32-,35+/m0/s1. The Morgan fingerprint density at radius 1 is 1.00 bits per heavy atom. The number of ether oxygens (including phenoxy) is 2. The molecule has 0 saturated carbocycles. The third-order valence-electron chi connectivity index (χ3n) is 9.56. The number of rotatable bonds is 10. The molecule has 1 spiro atoms. The molecule has 2 N–H and O–H groups in total. The highest BCUT2D eigenvalue weighted by Gasteiger charge is 2.66. The molecule has 11 heteroatoms. The summed E-state index contributed by atoms with van der Waals surface area (Å²) in [4.78, 5) is 57.0. The van der Waals surface area contributed by atoms with Gasteiger partial charge in [0.05, 0.1) is 37.9 Å². The van der Waals surface area contributed by atoms with Crippen LogP contribution in [0.5, 0.6) is 0 Å². The molecule has 3 amide bonds. The fourth-order valence-electron chi connectivity index (χ4n) is 7.50. The van der Waals surface area contributed by atoms with Gasteiger partial charge in [0.15, 0.2) is 13.9 Å². The van der Waals surface area contributed by atoms with Crippen molar-refractivity contribution in [3.63, 3.8) is 0 Å². The van der Waals surface area contributed by atoms with E-state index in [2.05, 4.69) is 0 Å². The molecule has 3 aliphatic rings. The van der Waals surface area contributed by atoms with Crippen molar-refractivity contribution >= 4 is 37.6 Å². The lowest BCUT2D eigenvalue weighted by atomic mass is 9.82. The van der Waals surface area contributed by atoms with Crippen molar-refractivity contribution in [3.8, 4) is 0 Å². The first-order valence-corrected chi connectivity index (χ1v) is 18.8. The highest BCUT2D eigenvalue weighted by atomic mass is 28.4. The van der Waals surface area contributed by atoms with E-state index in [9.17, 15) is 24.3 Å². The van der Waals surface area contributed by atoms with Crippen molar-refractivity contribution in [3.05, 3.63) is 95.6 Å². The molecule has 3 aliphatic heterocycles. The Bertz CT molecular complexity index is 1600.